The van der Waals surface area contributed by atoms with Gasteiger partial charge in [-0.3, -0.25) is 13.9 Å². The van der Waals surface area contributed by atoms with Gasteiger partial charge in [-0.15, -0.1) is 0 Å². The maximum atomic E-state index is 14.3. The van der Waals surface area contributed by atoms with E-state index in [9.17, 15) is 22.8 Å². The average Bonchev–Trinajstić information content (AvgIpc) is 3.45. The largest absolute Gasteiger partial charge is 0.445 e. The summed E-state index contributed by atoms with van der Waals surface area (Å²) in [7, 11) is -9.44. The molecule has 1 aromatic heterocycles. The molecule has 0 bridgehead atoms. The predicted molar refractivity (Wildman–Crippen MR) is 203 cm³/mol. The molecule has 1 amide bonds. The Labute approximate surface area is 309 Å². The van der Waals surface area contributed by atoms with Crippen LogP contribution in [0.1, 0.15) is 65.3 Å². The van der Waals surface area contributed by atoms with Gasteiger partial charge in [0.25, 0.3) is 15.7 Å². The molecule has 0 unspecified atom stereocenters. The van der Waals surface area contributed by atoms with Crippen LogP contribution in [-0.2, 0) is 45.8 Å². The van der Waals surface area contributed by atoms with Crippen LogP contribution in [0.4, 0.5) is 4.79 Å². The molecule has 52 heavy (non-hydrogen) atoms. The molecule has 290 valence electrons. The van der Waals surface area contributed by atoms with Crippen molar-refractivity contribution in [2.24, 2.45) is 5.73 Å². The zero-order chi connectivity index (χ0) is 39.1. The summed E-state index contributed by atoms with van der Waals surface area (Å²) < 4.78 is 59.9. The number of nitrogens with zero attached hydrogens (tertiary/aromatic N) is 2. The standard InChI is InChI=1S/C35H56N4O10SSi2/c1-24-20-39(32(42)38(29(24)40)19-15-18-37-31(41)45-21-25-16-13-12-14-17-25)30-28(48-52(10,11)34(5,6)7)35(26(36)23-50(43,44)49-35)27(47-30)22-46-51(8,9)33(2,3)4/h12-14,16-17,20,23,27-28,30H,15,18-19,21-22,36H2,1-11H3,(H,37,41)/t27-,28+,30-,35-/m1/s1. The molecule has 1 aromatic carbocycles. The van der Waals surface area contributed by atoms with Crippen molar-refractivity contribution >= 4 is 32.8 Å². The molecule has 4 rings (SSSR count). The lowest BCUT2D eigenvalue weighted by molar-refractivity contribution is -0.0567. The first-order valence-corrected chi connectivity index (χ1v) is 24.8. The minimum absolute atomic E-state index is 0.0330. The molecule has 4 atom stereocenters. The van der Waals surface area contributed by atoms with Crippen molar-refractivity contribution in [3.63, 3.8) is 0 Å². The minimum atomic E-state index is -4.27. The number of benzene rings is 1. The third-order valence-electron chi connectivity index (χ3n) is 10.8. The molecule has 1 spiro atoms. The monoisotopic (exact) mass is 780 g/mol. The van der Waals surface area contributed by atoms with Gasteiger partial charge in [0.05, 0.1) is 17.7 Å². The summed E-state index contributed by atoms with van der Waals surface area (Å²) in [4.78, 5) is 39.9. The highest BCUT2D eigenvalue weighted by molar-refractivity contribution is 7.90. The second kappa shape index (κ2) is 15.0. The van der Waals surface area contributed by atoms with Crippen LogP contribution in [0.5, 0.6) is 0 Å². The zero-order valence-electron chi connectivity index (χ0n) is 32.3. The first-order valence-electron chi connectivity index (χ1n) is 17.5. The zero-order valence-corrected chi connectivity index (χ0v) is 35.1. The Balaban J connectivity index is 1.71. The van der Waals surface area contributed by atoms with Gasteiger partial charge in [0, 0.05) is 24.8 Å². The number of rotatable bonds is 12. The topological polar surface area (TPSA) is 179 Å². The van der Waals surface area contributed by atoms with E-state index in [0.29, 0.717) is 0 Å². The Kier molecular flexibility index (Phi) is 12.0. The third-order valence-corrected chi connectivity index (χ3v) is 20.8. The van der Waals surface area contributed by atoms with E-state index >= 15 is 0 Å². The van der Waals surface area contributed by atoms with E-state index < -0.39 is 68.1 Å². The van der Waals surface area contributed by atoms with Gasteiger partial charge in [-0.25, -0.2) is 13.8 Å². The van der Waals surface area contributed by atoms with Crippen LogP contribution in [0.3, 0.4) is 0 Å². The number of hydrogen-bond donors (Lipinski definition) is 2. The van der Waals surface area contributed by atoms with Crippen molar-refractivity contribution in [2.75, 3.05) is 13.2 Å². The van der Waals surface area contributed by atoms with Gasteiger partial charge in [0.15, 0.2) is 28.5 Å². The summed E-state index contributed by atoms with van der Waals surface area (Å²) in [6.07, 6.45) is -2.59. The normalized spacial score (nSPS) is 23.5. The molecule has 17 heteroatoms. The maximum absolute atomic E-state index is 14.3. The molecule has 3 N–H and O–H groups in total. The summed E-state index contributed by atoms with van der Waals surface area (Å²) >= 11 is 0. The van der Waals surface area contributed by atoms with E-state index in [1.54, 1.807) is 6.92 Å². The highest BCUT2D eigenvalue weighted by Crippen LogP contribution is 2.52. The Morgan fingerprint density at radius 1 is 1.02 bits per heavy atom. The number of alkyl carbamates (subject to hydrolysis) is 1. The smallest absolute Gasteiger partial charge is 0.407 e. The van der Waals surface area contributed by atoms with E-state index in [-0.39, 0.29) is 54.1 Å². The molecule has 1 fully saturated rings. The first kappa shape index (κ1) is 41.7. The lowest BCUT2D eigenvalue weighted by atomic mass is 9.89. The molecule has 1 saturated heterocycles. The fourth-order valence-corrected chi connectivity index (χ4v) is 9.06. The summed E-state index contributed by atoms with van der Waals surface area (Å²) in [6.45, 7) is 22.1. The van der Waals surface area contributed by atoms with Gasteiger partial charge >= 0.3 is 11.8 Å². The Bertz CT molecular complexity index is 1880. The average molecular weight is 781 g/mol. The number of nitrogens with two attached hydrogens (primary N) is 1. The van der Waals surface area contributed by atoms with Crippen LogP contribution >= 0.6 is 0 Å². The van der Waals surface area contributed by atoms with Crippen molar-refractivity contribution in [1.82, 2.24) is 14.5 Å². The lowest BCUT2D eigenvalue weighted by Gasteiger charge is -2.43. The fraction of sp³-hybridized carbons (Fsp3) is 0.629. The molecular formula is C35H56N4O10SSi2. The second-order valence-corrected chi connectivity index (χ2v) is 27.6. The third kappa shape index (κ3) is 8.66. The summed E-state index contributed by atoms with van der Waals surface area (Å²) in [5.41, 5.74) is 4.46. The van der Waals surface area contributed by atoms with E-state index in [4.69, 9.17) is 28.2 Å². The molecule has 14 nitrogen and oxygen atoms in total. The van der Waals surface area contributed by atoms with Crippen LogP contribution in [0.25, 0.3) is 0 Å². The van der Waals surface area contributed by atoms with Crippen molar-refractivity contribution < 1.29 is 35.7 Å². The molecule has 2 aromatic rings. The summed E-state index contributed by atoms with van der Waals surface area (Å²) in [5.74, 6) is 0. The van der Waals surface area contributed by atoms with Gasteiger partial charge < -0.3 is 29.4 Å². The predicted octanol–water partition coefficient (Wildman–Crippen LogP) is 4.84. The lowest BCUT2D eigenvalue weighted by Crippen LogP contribution is -2.59. The van der Waals surface area contributed by atoms with Crippen LogP contribution < -0.4 is 22.3 Å². The molecule has 0 saturated carbocycles. The second-order valence-electron chi connectivity index (χ2n) is 16.6. The SMILES string of the molecule is Cc1cn([C@@H]2O[C@H](CO[Si](C)(C)C(C)(C)C)[C@@]3(OS(=O)(=O)C=C3N)[C@H]2O[Si](C)(C)C(C)(C)C)c(=O)n(CCCNC(=O)OCc2ccccc2)c1=O. The summed E-state index contributed by atoms with van der Waals surface area (Å²) in [5, 5.41) is 2.99. The van der Waals surface area contributed by atoms with E-state index in [2.05, 4.69) is 39.2 Å². The van der Waals surface area contributed by atoms with Crippen LogP contribution in [0.15, 0.2) is 57.2 Å². The van der Waals surface area contributed by atoms with E-state index in [1.807, 2.05) is 64.2 Å². The number of amides is 1. The van der Waals surface area contributed by atoms with Crippen LogP contribution in [0, 0.1) is 6.92 Å². The summed E-state index contributed by atoms with van der Waals surface area (Å²) in [6, 6.07) is 9.24. The highest BCUT2D eigenvalue weighted by atomic mass is 32.2. The van der Waals surface area contributed by atoms with E-state index in [1.165, 1.54) is 10.8 Å². The van der Waals surface area contributed by atoms with Crippen LogP contribution in [-0.4, -0.2) is 71.2 Å². The molecule has 0 aliphatic carbocycles. The van der Waals surface area contributed by atoms with Gasteiger partial charge in [0.1, 0.15) is 18.8 Å². The molecule has 2 aliphatic rings. The quantitative estimate of drug-likeness (QED) is 0.171. The number of nitrogens with one attached hydrogen (secondary N) is 1. The van der Waals surface area contributed by atoms with Crippen molar-refractivity contribution in [3.8, 4) is 0 Å². The number of carbonyl (C=O) groups is 1. The minimum Gasteiger partial charge on any atom is -0.445 e. The van der Waals surface area contributed by atoms with Gasteiger partial charge in [0.2, 0.25) is 0 Å². The van der Waals surface area contributed by atoms with Gasteiger partial charge in [-0.1, -0.05) is 71.9 Å². The van der Waals surface area contributed by atoms with Crippen molar-refractivity contribution in [2.45, 2.75) is 128 Å². The Morgan fingerprint density at radius 2 is 1.63 bits per heavy atom. The van der Waals surface area contributed by atoms with E-state index in [0.717, 1.165) is 15.5 Å². The van der Waals surface area contributed by atoms with Crippen molar-refractivity contribution in [3.05, 3.63) is 79.6 Å². The molecule has 2 aliphatic heterocycles. The Morgan fingerprint density at radius 3 is 2.19 bits per heavy atom. The number of aryl methyl sites for hydroxylation is 1. The number of aromatic nitrogens is 2. The van der Waals surface area contributed by atoms with Gasteiger partial charge in [-0.2, -0.15) is 8.42 Å². The highest BCUT2D eigenvalue weighted by Gasteiger charge is 2.67. The molecule has 3 heterocycles. The number of hydrogen-bond acceptors (Lipinski definition) is 11. The molecule has 0 radical (unpaired) electrons. The Hall–Kier alpha value is -3.07. The van der Waals surface area contributed by atoms with Gasteiger partial charge in [-0.05, 0) is 55.2 Å². The van der Waals surface area contributed by atoms with Crippen molar-refractivity contribution in [1.29, 1.82) is 0 Å². The fourth-order valence-electron chi connectivity index (χ4n) is 5.55. The number of ether oxygens (including phenoxy) is 2. The number of carbonyl (C=O) groups excluding carboxylic acids is 1. The molecular weight excluding hydrogens is 725 g/mol. The van der Waals surface area contributed by atoms with Crippen LogP contribution in [0.2, 0.25) is 36.3 Å². The first-order chi connectivity index (χ1) is 23.8. The maximum Gasteiger partial charge on any atom is 0.407 e.